The molecule has 0 fully saturated rings. The number of carbonyl (C=O) groups is 1. The van der Waals surface area contributed by atoms with Crippen molar-refractivity contribution in [2.45, 2.75) is 25.2 Å². The Morgan fingerprint density at radius 2 is 2.18 bits per heavy atom. The number of esters is 1. The summed E-state index contributed by atoms with van der Waals surface area (Å²) < 4.78 is 41.9. The Balaban J connectivity index is 2.83. The Hall–Kier alpha value is -1.57. The summed E-state index contributed by atoms with van der Waals surface area (Å²) >= 11 is 0. The molecule has 1 unspecified atom stereocenters. The lowest BCUT2D eigenvalue weighted by Crippen LogP contribution is -2.40. The van der Waals surface area contributed by atoms with Crippen LogP contribution in [-0.4, -0.2) is 33.6 Å². The molecular formula is C9H11F3N2O3. The largest absolute Gasteiger partial charge is 0.467 e. The Kier molecular flexibility index (Phi) is 3.46. The molecule has 96 valence electrons. The maximum atomic E-state index is 12.3. The molecule has 0 saturated carbocycles. The molecule has 0 radical (unpaired) electrons. The number of alkyl halides is 3. The zero-order valence-electron chi connectivity index (χ0n) is 9.15. The first-order chi connectivity index (χ1) is 7.66. The SMILES string of the molecule is COC(=O)C(C)(O)Cn1cc(C(F)(F)F)cn1. The average Bonchev–Trinajstić information content (AvgIpc) is 2.63. The van der Waals surface area contributed by atoms with Crippen LogP contribution in [0.25, 0.3) is 0 Å². The van der Waals surface area contributed by atoms with Gasteiger partial charge < -0.3 is 9.84 Å². The van der Waals surface area contributed by atoms with Crippen LogP contribution in [0.5, 0.6) is 0 Å². The van der Waals surface area contributed by atoms with Crippen molar-refractivity contribution >= 4 is 5.97 Å². The van der Waals surface area contributed by atoms with Crippen LogP contribution in [-0.2, 0) is 22.3 Å². The number of halogens is 3. The average molecular weight is 252 g/mol. The van der Waals surface area contributed by atoms with Gasteiger partial charge in [-0.25, -0.2) is 4.79 Å². The zero-order chi connectivity index (χ0) is 13.3. The number of hydrogen-bond acceptors (Lipinski definition) is 4. The lowest BCUT2D eigenvalue weighted by molar-refractivity contribution is -0.162. The van der Waals surface area contributed by atoms with Crippen LogP contribution in [0.1, 0.15) is 12.5 Å². The molecule has 1 rings (SSSR count). The van der Waals surface area contributed by atoms with Gasteiger partial charge in [-0.2, -0.15) is 18.3 Å². The van der Waals surface area contributed by atoms with Crippen molar-refractivity contribution in [2.24, 2.45) is 0 Å². The Morgan fingerprint density at radius 3 is 2.59 bits per heavy atom. The molecule has 0 aliphatic heterocycles. The molecule has 0 amide bonds. The molecule has 1 atom stereocenters. The summed E-state index contributed by atoms with van der Waals surface area (Å²) in [5.41, 5.74) is -2.87. The van der Waals surface area contributed by atoms with Gasteiger partial charge in [-0.1, -0.05) is 0 Å². The first kappa shape index (κ1) is 13.5. The summed E-state index contributed by atoms with van der Waals surface area (Å²) in [5, 5.41) is 13.0. The monoisotopic (exact) mass is 252 g/mol. The molecular weight excluding hydrogens is 241 g/mol. The summed E-state index contributed by atoms with van der Waals surface area (Å²) in [6.07, 6.45) is -3.18. The van der Waals surface area contributed by atoms with Crippen molar-refractivity contribution < 1.29 is 27.8 Å². The number of nitrogens with zero attached hydrogens (tertiary/aromatic N) is 2. The molecule has 1 aromatic rings. The van der Waals surface area contributed by atoms with E-state index in [0.717, 1.165) is 18.7 Å². The summed E-state index contributed by atoms with van der Waals surface area (Å²) in [6, 6.07) is 0. The number of aliphatic hydroxyl groups is 1. The highest BCUT2D eigenvalue weighted by Gasteiger charge is 2.35. The lowest BCUT2D eigenvalue weighted by Gasteiger charge is -2.19. The van der Waals surface area contributed by atoms with Crippen molar-refractivity contribution in [1.29, 1.82) is 0 Å². The van der Waals surface area contributed by atoms with E-state index >= 15 is 0 Å². The minimum Gasteiger partial charge on any atom is -0.467 e. The van der Waals surface area contributed by atoms with Crippen molar-refractivity contribution in [1.82, 2.24) is 9.78 Å². The molecule has 0 saturated heterocycles. The smallest absolute Gasteiger partial charge is 0.419 e. The van der Waals surface area contributed by atoms with Gasteiger partial charge >= 0.3 is 12.1 Å². The fourth-order valence-corrected chi connectivity index (χ4v) is 1.20. The van der Waals surface area contributed by atoms with Gasteiger partial charge in [-0.05, 0) is 6.92 Å². The number of methoxy groups -OCH3 is 1. The third kappa shape index (κ3) is 3.19. The fraction of sp³-hybridized carbons (Fsp3) is 0.556. The molecule has 1 heterocycles. The normalized spacial score (nSPS) is 15.4. The van der Waals surface area contributed by atoms with E-state index in [1.165, 1.54) is 0 Å². The maximum Gasteiger partial charge on any atom is 0.419 e. The first-order valence-electron chi connectivity index (χ1n) is 4.57. The van der Waals surface area contributed by atoms with Crippen LogP contribution >= 0.6 is 0 Å². The minimum atomic E-state index is -4.50. The fourth-order valence-electron chi connectivity index (χ4n) is 1.20. The van der Waals surface area contributed by atoms with Gasteiger partial charge in [0.05, 0.1) is 25.4 Å². The van der Waals surface area contributed by atoms with Gasteiger partial charge in [-0.3, -0.25) is 4.68 Å². The topological polar surface area (TPSA) is 64.3 Å². The second kappa shape index (κ2) is 4.36. The molecule has 0 aliphatic carbocycles. The molecule has 0 aromatic carbocycles. The molecule has 0 spiro atoms. The number of ether oxygens (including phenoxy) is 1. The third-order valence-electron chi connectivity index (χ3n) is 2.06. The van der Waals surface area contributed by atoms with Gasteiger partial charge in [-0.15, -0.1) is 0 Å². The van der Waals surface area contributed by atoms with Gasteiger partial charge in [0.25, 0.3) is 0 Å². The molecule has 17 heavy (non-hydrogen) atoms. The van der Waals surface area contributed by atoms with Crippen LogP contribution < -0.4 is 0 Å². The van der Waals surface area contributed by atoms with E-state index < -0.39 is 29.9 Å². The van der Waals surface area contributed by atoms with Gasteiger partial charge in [0.1, 0.15) is 0 Å². The second-order valence-electron chi connectivity index (χ2n) is 3.69. The zero-order valence-corrected chi connectivity index (χ0v) is 9.15. The Morgan fingerprint density at radius 1 is 1.59 bits per heavy atom. The second-order valence-corrected chi connectivity index (χ2v) is 3.69. The van der Waals surface area contributed by atoms with Crippen molar-refractivity contribution in [3.8, 4) is 0 Å². The van der Waals surface area contributed by atoms with E-state index in [0.29, 0.717) is 12.4 Å². The molecule has 0 bridgehead atoms. The van der Waals surface area contributed by atoms with E-state index in [9.17, 15) is 23.1 Å². The van der Waals surface area contributed by atoms with E-state index in [4.69, 9.17) is 0 Å². The minimum absolute atomic E-state index is 0.421. The Bertz CT molecular complexity index is 412. The standard InChI is InChI=1S/C9H11F3N2O3/c1-8(16,7(15)17-2)5-14-4-6(3-13-14)9(10,11)12/h3-4,16H,5H2,1-2H3. The van der Waals surface area contributed by atoms with Gasteiger partial charge in [0, 0.05) is 6.20 Å². The van der Waals surface area contributed by atoms with Crippen molar-refractivity contribution in [3.05, 3.63) is 18.0 Å². The Labute approximate surface area is 94.8 Å². The van der Waals surface area contributed by atoms with Crippen LogP contribution in [0.2, 0.25) is 0 Å². The summed E-state index contributed by atoms with van der Waals surface area (Å²) in [4.78, 5) is 11.1. The van der Waals surface area contributed by atoms with E-state index in [-0.39, 0.29) is 0 Å². The van der Waals surface area contributed by atoms with E-state index in [1.54, 1.807) is 0 Å². The van der Waals surface area contributed by atoms with Crippen molar-refractivity contribution in [2.75, 3.05) is 7.11 Å². The van der Waals surface area contributed by atoms with Gasteiger partial charge in [0.2, 0.25) is 0 Å². The third-order valence-corrected chi connectivity index (χ3v) is 2.06. The maximum absolute atomic E-state index is 12.3. The molecule has 0 aliphatic rings. The molecule has 1 N–H and O–H groups in total. The quantitative estimate of drug-likeness (QED) is 0.809. The van der Waals surface area contributed by atoms with Crippen LogP contribution in [0.4, 0.5) is 13.2 Å². The summed E-state index contributed by atoms with van der Waals surface area (Å²) in [6.45, 7) is 0.712. The highest BCUT2D eigenvalue weighted by atomic mass is 19.4. The molecule has 5 nitrogen and oxygen atoms in total. The van der Waals surface area contributed by atoms with E-state index in [2.05, 4.69) is 9.84 Å². The van der Waals surface area contributed by atoms with Crippen molar-refractivity contribution in [3.63, 3.8) is 0 Å². The number of carbonyl (C=O) groups excluding carboxylic acids is 1. The number of rotatable bonds is 3. The van der Waals surface area contributed by atoms with E-state index in [1.807, 2.05) is 0 Å². The lowest BCUT2D eigenvalue weighted by atomic mass is 10.1. The number of hydrogen-bond donors (Lipinski definition) is 1. The number of aromatic nitrogens is 2. The first-order valence-corrected chi connectivity index (χ1v) is 4.57. The van der Waals surface area contributed by atoms with Crippen LogP contribution in [0.3, 0.4) is 0 Å². The molecule has 8 heteroatoms. The highest BCUT2D eigenvalue weighted by Crippen LogP contribution is 2.28. The van der Waals surface area contributed by atoms with Crippen LogP contribution in [0.15, 0.2) is 12.4 Å². The summed E-state index contributed by atoms with van der Waals surface area (Å²) in [7, 11) is 1.07. The highest BCUT2D eigenvalue weighted by molar-refractivity contribution is 5.78. The molecule has 1 aromatic heterocycles. The predicted octanol–water partition coefficient (Wildman–Crippen LogP) is 0.826. The predicted molar refractivity (Wildman–Crippen MR) is 49.9 cm³/mol. The van der Waals surface area contributed by atoms with Crippen LogP contribution in [0, 0.1) is 0 Å². The van der Waals surface area contributed by atoms with Gasteiger partial charge in [0.15, 0.2) is 5.60 Å². The summed E-state index contributed by atoms with van der Waals surface area (Å²) in [5.74, 6) is -0.943.